The van der Waals surface area contributed by atoms with Crippen LogP contribution >= 0.6 is 0 Å². The predicted molar refractivity (Wildman–Crippen MR) is 113 cm³/mol. The second-order valence-corrected chi connectivity index (χ2v) is 10.5. The van der Waals surface area contributed by atoms with Gasteiger partial charge in [-0.15, -0.1) is 0 Å². The first kappa shape index (κ1) is 20.5. The Morgan fingerprint density at radius 1 is 1.27 bits per heavy atom. The summed E-state index contributed by atoms with van der Waals surface area (Å²) in [5, 5.41) is 15.1. The molecule has 1 aliphatic heterocycles. The first-order valence-corrected chi connectivity index (χ1v) is 11.4. The van der Waals surface area contributed by atoms with E-state index in [0.29, 0.717) is 30.0 Å². The van der Waals surface area contributed by atoms with Gasteiger partial charge in [0, 0.05) is 26.6 Å². The Kier molecular flexibility index (Phi) is 5.01. The molecular weight excluding hydrogens is 382 g/mol. The van der Waals surface area contributed by atoms with Crippen LogP contribution in [-0.4, -0.2) is 65.2 Å². The molecule has 2 radical (unpaired) electrons. The summed E-state index contributed by atoms with van der Waals surface area (Å²) in [4.78, 5) is 16.8. The molecular formula is C22H32BFN4O2. The van der Waals surface area contributed by atoms with Crippen LogP contribution in [0.15, 0.2) is 0 Å². The van der Waals surface area contributed by atoms with Crippen molar-refractivity contribution in [1.29, 1.82) is 0 Å². The molecule has 4 saturated carbocycles. The number of anilines is 1. The van der Waals surface area contributed by atoms with Crippen molar-refractivity contribution in [2.24, 2.45) is 30.7 Å². The number of hydrogen-bond donors (Lipinski definition) is 1. The number of aliphatic hydroxyl groups is 1. The molecule has 5 fully saturated rings. The molecule has 4 aliphatic carbocycles. The lowest BCUT2D eigenvalue weighted by molar-refractivity contribution is -0.151. The normalized spacial score (nSPS) is 36.4. The molecule has 5 aliphatic rings. The van der Waals surface area contributed by atoms with Gasteiger partial charge in [0.15, 0.2) is 31.1 Å². The Morgan fingerprint density at radius 3 is 2.50 bits per heavy atom. The molecule has 1 aromatic heterocycles. The van der Waals surface area contributed by atoms with Crippen molar-refractivity contribution in [2.45, 2.75) is 63.0 Å². The SMILES string of the molecule is [B]N1CCC(N(C)c2c(F)c(C(=O)CC3C4CC5CC3CC(O)(C5)C4)nn2C)CC1. The highest BCUT2D eigenvalue weighted by atomic mass is 19.1. The summed E-state index contributed by atoms with van der Waals surface area (Å²) in [6, 6.07) is 0.183. The highest BCUT2D eigenvalue weighted by molar-refractivity contribution is 6.04. The van der Waals surface area contributed by atoms with Crippen molar-refractivity contribution in [3.63, 3.8) is 0 Å². The number of nitrogens with zero attached hydrogens (tertiary/aromatic N) is 4. The van der Waals surface area contributed by atoms with Crippen LogP contribution in [0.25, 0.3) is 0 Å². The maximum Gasteiger partial charge on any atom is 0.196 e. The van der Waals surface area contributed by atoms with Gasteiger partial charge in [-0.05, 0) is 81.7 Å². The molecule has 30 heavy (non-hydrogen) atoms. The van der Waals surface area contributed by atoms with Gasteiger partial charge in [0.05, 0.1) is 5.60 Å². The molecule has 0 spiro atoms. The van der Waals surface area contributed by atoms with Gasteiger partial charge in [0.25, 0.3) is 0 Å². The largest absolute Gasteiger partial charge is 0.390 e. The van der Waals surface area contributed by atoms with Crippen LogP contribution in [0.2, 0.25) is 0 Å². The number of carbonyl (C=O) groups is 1. The maximum absolute atomic E-state index is 15.4. The number of Topliss-reactive ketones (excluding diaryl/α,β-unsaturated/α-hetero) is 1. The van der Waals surface area contributed by atoms with E-state index in [1.165, 1.54) is 4.68 Å². The fourth-order valence-electron chi connectivity index (χ4n) is 7.23. The number of aromatic nitrogens is 2. The Hall–Kier alpha value is -1.41. The molecule has 2 atom stereocenters. The van der Waals surface area contributed by atoms with Crippen molar-refractivity contribution in [2.75, 3.05) is 25.0 Å². The highest BCUT2D eigenvalue weighted by Crippen LogP contribution is 2.59. The molecule has 1 saturated heterocycles. The molecule has 8 heteroatoms. The smallest absolute Gasteiger partial charge is 0.196 e. The summed E-state index contributed by atoms with van der Waals surface area (Å²) in [5.74, 6) is 1.33. The van der Waals surface area contributed by atoms with Gasteiger partial charge in [-0.3, -0.25) is 4.79 Å². The van der Waals surface area contributed by atoms with E-state index in [1.807, 2.05) is 11.9 Å². The van der Waals surface area contributed by atoms with Crippen molar-refractivity contribution >= 4 is 19.6 Å². The van der Waals surface area contributed by atoms with E-state index in [2.05, 4.69) is 5.10 Å². The zero-order valence-corrected chi connectivity index (χ0v) is 18.1. The Morgan fingerprint density at radius 2 is 1.90 bits per heavy atom. The number of hydrogen-bond acceptors (Lipinski definition) is 5. The molecule has 6 nitrogen and oxygen atoms in total. The molecule has 1 N–H and O–H groups in total. The van der Waals surface area contributed by atoms with E-state index in [0.717, 1.165) is 58.0 Å². The summed E-state index contributed by atoms with van der Waals surface area (Å²) in [6.45, 7) is 1.55. The monoisotopic (exact) mass is 414 g/mol. The van der Waals surface area contributed by atoms with Crippen LogP contribution in [0.3, 0.4) is 0 Å². The van der Waals surface area contributed by atoms with Gasteiger partial charge in [-0.2, -0.15) is 5.10 Å². The standard InChI is InChI=1S/C22H32BFN4O2/c1-26(16-3-5-28(23)6-4-16)21-19(24)20(25-27(21)2)18(29)9-17-14-7-13-8-15(17)12-22(30,10-13)11-14/h13-17,30H,3-12H2,1-2H3. The number of piperidine rings is 1. The Labute approximate surface area is 179 Å². The Balaban J connectivity index is 1.32. The van der Waals surface area contributed by atoms with Crippen LogP contribution in [0.1, 0.15) is 61.9 Å². The summed E-state index contributed by atoms with van der Waals surface area (Å²) in [7, 11) is 9.44. The van der Waals surface area contributed by atoms with Gasteiger partial charge < -0.3 is 14.8 Å². The highest BCUT2D eigenvalue weighted by Gasteiger charge is 2.55. The molecule has 0 amide bonds. The minimum atomic E-state index is -0.513. The van der Waals surface area contributed by atoms with Gasteiger partial charge in [0.2, 0.25) is 0 Å². The summed E-state index contributed by atoms with van der Waals surface area (Å²) in [6.07, 6.45) is 6.80. The Bertz CT molecular complexity index is 821. The lowest BCUT2D eigenvalue weighted by Crippen LogP contribution is -2.54. The molecule has 4 bridgehead atoms. The third kappa shape index (κ3) is 3.40. The summed E-state index contributed by atoms with van der Waals surface area (Å²) in [5.41, 5.74) is -0.537. The van der Waals surface area contributed by atoms with Gasteiger partial charge >= 0.3 is 0 Å². The number of halogens is 1. The number of ketones is 1. The van der Waals surface area contributed by atoms with E-state index in [-0.39, 0.29) is 23.4 Å². The molecule has 2 unspecified atom stereocenters. The number of carbonyl (C=O) groups excluding carboxylic acids is 1. The summed E-state index contributed by atoms with van der Waals surface area (Å²) < 4.78 is 16.9. The number of aryl methyl sites for hydroxylation is 1. The zero-order valence-electron chi connectivity index (χ0n) is 18.1. The average Bonchev–Trinajstić information content (AvgIpc) is 2.97. The van der Waals surface area contributed by atoms with E-state index in [9.17, 15) is 9.90 Å². The van der Waals surface area contributed by atoms with Crippen molar-refractivity contribution in [1.82, 2.24) is 14.6 Å². The van der Waals surface area contributed by atoms with Crippen LogP contribution in [0.4, 0.5) is 10.2 Å². The van der Waals surface area contributed by atoms with Crippen molar-refractivity contribution in [3.8, 4) is 0 Å². The topological polar surface area (TPSA) is 61.6 Å². The van der Waals surface area contributed by atoms with E-state index >= 15 is 4.39 Å². The average molecular weight is 414 g/mol. The zero-order chi connectivity index (χ0) is 21.2. The predicted octanol–water partition coefficient (Wildman–Crippen LogP) is 2.30. The fourth-order valence-corrected chi connectivity index (χ4v) is 7.23. The first-order valence-electron chi connectivity index (χ1n) is 11.4. The minimum Gasteiger partial charge on any atom is -0.390 e. The second-order valence-electron chi connectivity index (χ2n) is 10.5. The van der Waals surface area contributed by atoms with E-state index in [1.54, 1.807) is 11.9 Å². The lowest BCUT2D eigenvalue weighted by Gasteiger charge is -2.58. The third-order valence-electron chi connectivity index (χ3n) is 8.46. The van der Waals surface area contributed by atoms with E-state index < -0.39 is 11.4 Å². The first-order chi connectivity index (χ1) is 14.2. The molecule has 162 valence electrons. The maximum atomic E-state index is 15.4. The van der Waals surface area contributed by atoms with Crippen LogP contribution in [-0.2, 0) is 7.05 Å². The van der Waals surface area contributed by atoms with Gasteiger partial charge in [0.1, 0.15) is 0 Å². The molecule has 2 heterocycles. The number of rotatable bonds is 5. The van der Waals surface area contributed by atoms with E-state index in [4.69, 9.17) is 7.98 Å². The quantitative estimate of drug-likeness (QED) is 0.592. The van der Waals surface area contributed by atoms with Crippen molar-refractivity contribution < 1.29 is 14.3 Å². The van der Waals surface area contributed by atoms with Crippen LogP contribution in [0.5, 0.6) is 0 Å². The second kappa shape index (κ2) is 7.33. The van der Waals surface area contributed by atoms with Crippen LogP contribution < -0.4 is 4.90 Å². The van der Waals surface area contributed by atoms with Gasteiger partial charge in [-0.25, -0.2) is 9.07 Å². The minimum absolute atomic E-state index is 0.0249. The molecule has 0 aromatic carbocycles. The third-order valence-corrected chi connectivity index (χ3v) is 8.46. The van der Waals surface area contributed by atoms with Gasteiger partial charge in [-0.1, -0.05) is 0 Å². The summed E-state index contributed by atoms with van der Waals surface area (Å²) >= 11 is 0. The van der Waals surface area contributed by atoms with Crippen LogP contribution in [0, 0.1) is 29.5 Å². The lowest BCUT2D eigenvalue weighted by atomic mass is 9.49. The molecule has 6 rings (SSSR count). The molecule has 1 aromatic rings. The van der Waals surface area contributed by atoms with Crippen molar-refractivity contribution in [3.05, 3.63) is 11.5 Å². The fraction of sp³-hybridized carbons (Fsp3) is 0.818.